The molecule has 3 heterocycles. The Morgan fingerprint density at radius 2 is 1.74 bits per heavy atom. The number of aromatic nitrogens is 2. The molecule has 0 saturated carbocycles. The number of anilines is 1. The number of aryl methyl sites for hydroxylation is 1. The molecule has 2 aliphatic rings. The molecule has 1 aromatic carbocycles. The molecule has 0 radical (unpaired) electrons. The molecule has 2 aromatic rings. The summed E-state index contributed by atoms with van der Waals surface area (Å²) in [6.07, 6.45) is 1.58. The van der Waals surface area contributed by atoms with Gasteiger partial charge < -0.3 is 9.80 Å². The molecule has 35 heavy (non-hydrogen) atoms. The molecular weight excluding hydrogens is 488 g/mol. The van der Waals surface area contributed by atoms with Crippen LogP contribution in [0.4, 0.5) is 5.69 Å². The third kappa shape index (κ3) is 5.82. The molecule has 0 spiro atoms. The summed E-state index contributed by atoms with van der Waals surface area (Å²) in [6.45, 7) is 12.2. The van der Waals surface area contributed by atoms with Crippen molar-refractivity contribution in [1.82, 2.24) is 23.9 Å². The van der Waals surface area contributed by atoms with Gasteiger partial charge in [0.2, 0.25) is 5.03 Å². The number of piperazine rings is 2. The molecule has 0 aliphatic carbocycles. The molecule has 1 aromatic heterocycles. The minimum atomic E-state index is -3.92. The van der Waals surface area contributed by atoms with Gasteiger partial charge in [-0.05, 0) is 31.0 Å². The lowest BCUT2D eigenvalue weighted by Crippen LogP contribution is -2.50. The van der Waals surface area contributed by atoms with Gasteiger partial charge in [-0.25, -0.2) is 8.42 Å². The van der Waals surface area contributed by atoms with E-state index in [-0.39, 0.29) is 16.5 Å². The van der Waals surface area contributed by atoms with Gasteiger partial charge in [0.1, 0.15) is 0 Å². The van der Waals surface area contributed by atoms with Crippen LogP contribution in [0.2, 0.25) is 5.02 Å². The molecule has 4 rings (SSSR count). The first kappa shape index (κ1) is 25.9. The molecule has 0 unspecified atom stereocenters. The molecule has 9 nitrogen and oxygen atoms in total. The van der Waals surface area contributed by atoms with E-state index in [0.717, 1.165) is 25.3 Å². The number of amides is 1. The van der Waals surface area contributed by atoms with Gasteiger partial charge in [-0.2, -0.15) is 9.40 Å². The standard InChI is InChI=1S/C24H35ClN6O3S/c1-4-30-18-22(24(32)29-10-8-27(9-11-29)17-19(2)3)23(26-30)35(33,34)31-14-12-28(13-15-31)21-7-5-6-20(25)16-21/h5-7,16,18-19H,4,8-15,17H2,1-3H3. The Bertz CT molecular complexity index is 1140. The van der Waals surface area contributed by atoms with Crippen molar-refractivity contribution in [3.63, 3.8) is 0 Å². The highest BCUT2D eigenvalue weighted by atomic mass is 35.5. The summed E-state index contributed by atoms with van der Waals surface area (Å²) in [4.78, 5) is 19.6. The minimum Gasteiger partial charge on any atom is -0.369 e. The van der Waals surface area contributed by atoms with Crippen LogP contribution in [0.1, 0.15) is 31.1 Å². The summed E-state index contributed by atoms with van der Waals surface area (Å²) in [5.41, 5.74) is 1.14. The molecule has 192 valence electrons. The van der Waals surface area contributed by atoms with Crippen molar-refractivity contribution in [2.45, 2.75) is 32.3 Å². The van der Waals surface area contributed by atoms with Crippen LogP contribution in [-0.2, 0) is 16.6 Å². The van der Waals surface area contributed by atoms with E-state index in [0.29, 0.717) is 56.8 Å². The van der Waals surface area contributed by atoms with Gasteiger partial charge in [0, 0.05) is 82.4 Å². The predicted molar refractivity (Wildman–Crippen MR) is 138 cm³/mol. The van der Waals surface area contributed by atoms with Crippen molar-refractivity contribution in [2.75, 3.05) is 63.8 Å². The number of hydrogen-bond donors (Lipinski definition) is 0. The Kier molecular flexibility index (Phi) is 8.05. The Hall–Kier alpha value is -2.14. The summed E-state index contributed by atoms with van der Waals surface area (Å²) in [5, 5.41) is 4.85. The molecular formula is C24H35ClN6O3S. The van der Waals surface area contributed by atoms with Crippen LogP contribution >= 0.6 is 11.6 Å². The highest BCUT2D eigenvalue weighted by Crippen LogP contribution is 2.25. The highest BCUT2D eigenvalue weighted by molar-refractivity contribution is 7.89. The van der Waals surface area contributed by atoms with E-state index in [1.165, 1.54) is 8.99 Å². The summed E-state index contributed by atoms with van der Waals surface area (Å²) in [7, 11) is -3.92. The number of carbonyl (C=O) groups is 1. The third-order valence-corrected chi connectivity index (χ3v) is 8.63. The molecule has 1 amide bonds. The Morgan fingerprint density at radius 3 is 2.34 bits per heavy atom. The quantitative estimate of drug-likeness (QED) is 0.555. The van der Waals surface area contributed by atoms with Crippen LogP contribution in [0.3, 0.4) is 0 Å². The lowest BCUT2D eigenvalue weighted by molar-refractivity contribution is 0.0620. The van der Waals surface area contributed by atoms with Crippen molar-refractivity contribution < 1.29 is 13.2 Å². The zero-order valence-corrected chi connectivity index (χ0v) is 22.3. The largest absolute Gasteiger partial charge is 0.369 e. The summed E-state index contributed by atoms with van der Waals surface area (Å²) < 4.78 is 30.2. The first-order chi connectivity index (χ1) is 16.7. The molecule has 2 saturated heterocycles. The van der Waals surface area contributed by atoms with E-state index in [1.54, 1.807) is 11.1 Å². The number of carbonyl (C=O) groups excluding carboxylic acids is 1. The third-order valence-electron chi connectivity index (χ3n) is 6.56. The van der Waals surface area contributed by atoms with Gasteiger partial charge in [0.05, 0.1) is 5.56 Å². The first-order valence-corrected chi connectivity index (χ1v) is 14.1. The number of benzene rings is 1. The van der Waals surface area contributed by atoms with E-state index in [4.69, 9.17) is 11.6 Å². The van der Waals surface area contributed by atoms with Gasteiger partial charge in [-0.15, -0.1) is 0 Å². The lowest BCUT2D eigenvalue weighted by atomic mass is 10.2. The fourth-order valence-electron chi connectivity index (χ4n) is 4.70. The molecule has 2 fully saturated rings. The predicted octanol–water partition coefficient (Wildman–Crippen LogP) is 2.48. The normalized spacial score (nSPS) is 18.4. The van der Waals surface area contributed by atoms with Crippen LogP contribution in [0.5, 0.6) is 0 Å². The molecule has 11 heteroatoms. The van der Waals surface area contributed by atoms with Crippen LogP contribution in [0.25, 0.3) is 0 Å². The van der Waals surface area contributed by atoms with E-state index < -0.39 is 10.0 Å². The molecule has 0 N–H and O–H groups in total. The second kappa shape index (κ2) is 10.9. The maximum atomic E-state index is 13.6. The monoisotopic (exact) mass is 522 g/mol. The van der Waals surface area contributed by atoms with Gasteiger partial charge in [0.15, 0.2) is 0 Å². The molecule has 0 atom stereocenters. The lowest BCUT2D eigenvalue weighted by Gasteiger charge is -2.36. The average molecular weight is 523 g/mol. The number of sulfonamides is 1. The van der Waals surface area contributed by atoms with Crippen molar-refractivity contribution in [3.8, 4) is 0 Å². The zero-order chi connectivity index (χ0) is 25.2. The fraction of sp³-hybridized carbons (Fsp3) is 0.583. The number of nitrogens with zero attached hydrogens (tertiary/aromatic N) is 6. The molecule has 0 bridgehead atoms. The van der Waals surface area contributed by atoms with Crippen molar-refractivity contribution >= 4 is 33.2 Å². The van der Waals surface area contributed by atoms with Crippen molar-refractivity contribution in [1.29, 1.82) is 0 Å². The topological polar surface area (TPSA) is 82.0 Å². The number of hydrogen-bond acceptors (Lipinski definition) is 6. The summed E-state index contributed by atoms with van der Waals surface area (Å²) in [6, 6.07) is 7.56. The van der Waals surface area contributed by atoms with E-state index in [9.17, 15) is 13.2 Å². The van der Waals surface area contributed by atoms with E-state index >= 15 is 0 Å². The SMILES string of the molecule is CCn1cc(C(=O)N2CCN(CC(C)C)CC2)c(S(=O)(=O)N2CCN(c3cccc(Cl)c3)CC2)n1. The van der Waals surface area contributed by atoms with Crippen molar-refractivity contribution in [3.05, 3.63) is 41.0 Å². The van der Waals surface area contributed by atoms with Crippen LogP contribution in [0.15, 0.2) is 35.5 Å². The number of halogens is 1. The maximum absolute atomic E-state index is 13.6. The zero-order valence-electron chi connectivity index (χ0n) is 20.7. The van der Waals surface area contributed by atoms with Crippen molar-refractivity contribution in [2.24, 2.45) is 5.92 Å². The Labute approximate surface area is 213 Å². The number of rotatable bonds is 7. The van der Waals surface area contributed by atoms with Gasteiger partial charge in [-0.1, -0.05) is 31.5 Å². The Balaban J connectivity index is 1.49. The summed E-state index contributed by atoms with van der Waals surface area (Å²) in [5.74, 6) is 0.307. The van der Waals surface area contributed by atoms with Gasteiger partial charge >= 0.3 is 0 Å². The van der Waals surface area contributed by atoms with Gasteiger partial charge in [0.25, 0.3) is 15.9 Å². The second-order valence-corrected chi connectivity index (χ2v) is 11.9. The van der Waals surface area contributed by atoms with Crippen LogP contribution < -0.4 is 4.90 Å². The maximum Gasteiger partial charge on any atom is 0.263 e. The van der Waals surface area contributed by atoms with Crippen LogP contribution in [-0.4, -0.2) is 97.1 Å². The first-order valence-electron chi connectivity index (χ1n) is 12.3. The smallest absolute Gasteiger partial charge is 0.263 e. The Morgan fingerprint density at radius 1 is 1.06 bits per heavy atom. The second-order valence-electron chi connectivity index (χ2n) is 9.56. The van der Waals surface area contributed by atoms with Crippen LogP contribution in [0, 0.1) is 5.92 Å². The minimum absolute atomic E-state index is 0.134. The average Bonchev–Trinajstić information content (AvgIpc) is 3.29. The highest BCUT2D eigenvalue weighted by Gasteiger charge is 2.36. The van der Waals surface area contributed by atoms with Gasteiger partial charge in [-0.3, -0.25) is 14.4 Å². The van der Waals surface area contributed by atoms with E-state index in [2.05, 4.69) is 28.7 Å². The molecule has 2 aliphatic heterocycles. The van der Waals surface area contributed by atoms with E-state index in [1.807, 2.05) is 31.2 Å². The summed E-state index contributed by atoms with van der Waals surface area (Å²) >= 11 is 6.12. The fourth-order valence-corrected chi connectivity index (χ4v) is 6.40.